The maximum Gasteiger partial charge on any atom is 0.0504 e. The number of nitrogens with zero attached hydrogens (tertiary/aromatic N) is 2. The van der Waals surface area contributed by atoms with Crippen molar-refractivity contribution in [2.45, 2.75) is 13.3 Å². The summed E-state index contributed by atoms with van der Waals surface area (Å²) in [4.78, 5) is 4.84. The van der Waals surface area contributed by atoms with Crippen LogP contribution in [0.5, 0.6) is 0 Å². The van der Waals surface area contributed by atoms with E-state index >= 15 is 0 Å². The molecule has 0 unspecified atom stereocenters. The van der Waals surface area contributed by atoms with Crippen LogP contribution in [0.3, 0.4) is 0 Å². The highest BCUT2D eigenvalue weighted by atomic mass is 15.4. The summed E-state index contributed by atoms with van der Waals surface area (Å²) in [6.07, 6.45) is 1.29. The van der Waals surface area contributed by atoms with E-state index in [1.54, 1.807) is 0 Å². The molecule has 0 aliphatic carbocycles. The van der Waals surface area contributed by atoms with Gasteiger partial charge in [0.05, 0.1) is 6.67 Å². The van der Waals surface area contributed by atoms with Crippen LogP contribution in [0, 0.1) is 0 Å². The molecule has 0 aromatic rings. The van der Waals surface area contributed by atoms with Crippen LogP contribution in [0.4, 0.5) is 0 Å². The standard InChI is InChI=1S/C7H16N2/c1-3-4-9-6-5-8(2)7-9/h3-7H2,1-2H3. The molecule has 9 heavy (non-hydrogen) atoms. The zero-order chi connectivity index (χ0) is 6.69. The van der Waals surface area contributed by atoms with Gasteiger partial charge in [0.2, 0.25) is 0 Å². The van der Waals surface area contributed by atoms with Gasteiger partial charge in [0.15, 0.2) is 0 Å². The lowest BCUT2D eigenvalue weighted by molar-refractivity contribution is 0.275. The van der Waals surface area contributed by atoms with Crippen molar-refractivity contribution in [1.82, 2.24) is 9.80 Å². The summed E-state index contributed by atoms with van der Waals surface area (Å²) in [5.41, 5.74) is 0. The van der Waals surface area contributed by atoms with Crippen LogP contribution in [0.1, 0.15) is 13.3 Å². The van der Waals surface area contributed by atoms with E-state index in [4.69, 9.17) is 0 Å². The Balaban J connectivity index is 2.14. The lowest BCUT2D eigenvalue weighted by Gasteiger charge is -2.12. The molecule has 1 rings (SSSR count). The summed E-state index contributed by atoms with van der Waals surface area (Å²) in [7, 11) is 2.18. The van der Waals surface area contributed by atoms with E-state index in [0.717, 1.165) is 0 Å². The smallest absolute Gasteiger partial charge is 0.0504 e. The fourth-order valence-electron chi connectivity index (χ4n) is 1.29. The van der Waals surface area contributed by atoms with Crippen LogP contribution < -0.4 is 0 Å². The Hall–Kier alpha value is -0.0800. The first-order valence-electron chi connectivity index (χ1n) is 3.74. The molecule has 0 radical (unpaired) electrons. The summed E-state index contributed by atoms with van der Waals surface area (Å²) in [5, 5.41) is 0. The number of likely N-dealkylation sites (N-methyl/N-ethyl adjacent to an activating group) is 1. The lowest BCUT2D eigenvalue weighted by Crippen LogP contribution is -2.23. The molecule has 0 aromatic carbocycles. The van der Waals surface area contributed by atoms with Crippen molar-refractivity contribution in [2.24, 2.45) is 0 Å². The summed E-state index contributed by atoms with van der Waals surface area (Å²) >= 11 is 0. The van der Waals surface area contributed by atoms with Gasteiger partial charge in [-0.2, -0.15) is 0 Å². The molecule has 0 atom stereocenters. The minimum absolute atomic E-state index is 1.17. The van der Waals surface area contributed by atoms with Crippen LogP contribution >= 0.6 is 0 Å². The summed E-state index contributed by atoms with van der Waals surface area (Å²) in [6, 6.07) is 0. The second kappa shape index (κ2) is 3.18. The van der Waals surface area contributed by atoms with Gasteiger partial charge in [0.1, 0.15) is 0 Å². The quantitative estimate of drug-likeness (QED) is 0.537. The van der Waals surface area contributed by atoms with Crippen LogP contribution in [-0.4, -0.2) is 43.2 Å². The van der Waals surface area contributed by atoms with Crippen molar-refractivity contribution in [3.8, 4) is 0 Å². The molecule has 1 saturated heterocycles. The van der Waals surface area contributed by atoms with Gasteiger partial charge in [-0.25, -0.2) is 0 Å². The van der Waals surface area contributed by atoms with Crippen molar-refractivity contribution in [1.29, 1.82) is 0 Å². The number of hydrogen-bond acceptors (Lipinski definition) is 2. The van der Waals surface area contributed by atoms with Crippen LogP contribution in [-0.2, 0) is 0 Å². The second-order valence-electron chi connectivity index (χ2n) is 2.84. The van der Waals surface area contributed by atoms with Crippen molar-refractivity contribution < 1.29 is 0 Å². The minimum atomic E-state index is 1.17. The van der Waals surface area contributed by atoms with Crippen LogP contribution in [0.25, 0.3) is 0 Å². The Labute approximate surface area is 57.4 Å². The van der Waals surface area contributed by atoms with Crippen molar-refractivity contribution in [2.75, 3.05) is 33.4 Å². The number of rotatable bonds is 2. The van der Waals surface area contributed by atoms with Gasteiger partial charge in [-0.15, -0.1) is 0 Å². The summed E-state index contributed by atoms with van der Waals surface area (Å²) in [5.74, 6) is 0. The Morgan fingerprint density at radius 3 is 2.56 bits per heavy atom. The molecule has 0 spiro atoms. The molecular weight excluding hydrogens is 112 g/mol. The van der Waals surface area contributed by atoms with E-state index in [-0.39, 0.29) is 0 Å². The largest absolute Gasteiger partial charge is 0.292 e. The molecule has 1 aliphatic rings. The fraction of sp³-hybridized carbons (Fsp3) is 1.00. The van der Waals surface area contributed by atoms with Gasteiger partial charge in [0.25, 0.3) is 0 Å². The van der Waals surface area contributed by atoms with Gasteiger partial charge in [-0.1, -0.05) is 6.92 Å². The lowest BCUT2D eigenvalue weighted by atomic mass is 10.4. The first-order chi connectivity index (χ1) is 4.33. The van der Waals surface area contributed by atoms with Crippen LogP contribution in [0.2, 0.25) is 0 Å². The van der Waals surface area contributed by atoms with E-state index in [9.17, 15) is 0 Å². The highest BCUT2D eigenvalue weighted by molar-refractivity contribution is 4.66. The third-order valence-electron chi connectivity index (χ3n) is 1.78. The molecule has 1 heterocycles. The Bertz CT molecular complexity index is 81.0. The zero-order valence-corrected chi connectivity index (χ0v) is 6.43. The highest BCUT2D eigenvalue weighted by Crippen LogP contribution is 2.01. The van der Waals surface area contributed by atoms with E-state index < -0.39 is 0 Å². The molecule has 0 N–H and O–H groups in total. The van der Waals surface area contributed by atoms with Gasteiger partial charge in [-0.3, -0.25) is 9.80 Å². The van der Waals surface area contributed by atoms with Crippen molar-refractivity contribution in [3.05, 3.63) is 0 Å². The van der Waals surface area contributed by atoms with Gasteiger partial charge in [0, 0.05) is 13.1 Å². The van der Waals surface area contributed by atoms with Crippen molar-refractivity contribution in [3.63, 3.8) is 0 Å². The summed E-state index contributed by atoms with van der Waals surface area (Å²) in [6.45, 7) is 7.20. The molecule has 0 bridgehead atoms. The van der Waals surface area contributed by atoms with Gasteiger partial charge < -0.3 is 0 Å². The Morgan fingerprint density at radius 2 is 2.11 bits per heavy atom. The highest BCUT2D eigenvalue weighted by Gasteiger charge is 2.13. The average molecular weight is 128 g/mol. The molecule has 0 aromatic heterocycles. The molecule has 2 nitrogen and oxygen atoms in total. The third-order valence-corrected chi connectivity index (χ3v) is 1.78. The van der Waals surface area contributed by atoms with E-state index in [1.807, 2.05) is 0 Å². The predicted octanol–water partition coefficient (Wildman–Crippen LogP) is 0.601. The predicted molar refractivity (Wildman–Crippen MR) is 39.4 cm³/mol. The van der Waals surface area contributed by atoms with Crippen LogP contribution in [0.15, 0.2) is 0 Å². The molecule has 1 fully saturated rings. The van der Waals surface area contributed by atoms with E-state index in [0.29, 0.717) is 0 Å². The third kappa shape index (κ3) is 1.95. The second-order valence-corrected chi connectivity index (χ2v) is 2.84. The molecule has 54 valence electrons. The Kier molecular flexibility index (Phi) is 2.49. The minimum Gasteiger partial charge on any atom is -0.292 e. The average Bonchev–Trinajstić information content (AvgIpc) is 2.17. The Morgan fingerprint density at radius 1 is 1.33 bits per heavy atom. The van der Waals surface area contributed by atoms with Crippen molar-refractivity contribution >= 4 is 0 Å². The molecule has 0 saturated carbocycles. The zero-order valence-electron chi connectivity index (χ0n) is 6.43. The summed E-state index contributed by atoms with van der Waals surface area (Å²) < 4.78 is 0. The topological polar surface area (TPSA) is 6.48 Å². The SMILES string of the molecule is CCCN1CCN(C)C1. The van der Waals surface area contributed by atoms with E-state index in [2.05, 4.69) is 23.8 Å². The fourth-order valence-corrected chi connectivity index (χ4v) is 1.29. The molecule has 0 amide bonds. The first kappa shape index (κ1) is 7.03. The first-order valence-corrected chi connectivity index (χ1v) is 3.74. The monoisotopic (exact) mass is 128 g/mol. The van der Waals surface area contributed by atoms with E-state index in [1.165, 1.54) is 32.7 Å². The van der Waals surface area contributed by atoms with Gasteiger partial charge in [-0.05, 0) is 20.0 Å². The number of hydrogen-bond donors (Lipinski definition) is 0. The molecular formula is C7H16N2. The maximum atomic E-state index is 2.49. The molecule has 1 aliphatic heterocycles. The maximum absolute atomic E-state index is 2.49. The normalized spacial score (nSPS) is 23.3. The van der Waals surface area contributed by atoms with Gasteiger partial charge >= 0.3 is 0 Å². The molecule has 2 heteroatoms.